The van der Waals surface area contributed by atoms with E-state index in [0.717, 1.165) is 19.4 Å². The first kappa shape index (κ1) is 19.7. The van der Waals surface area contributed by atoms with Crippen LogP contribution in [0, 0.1) is 28.7 Å². The molecule has 0 saturated carbocycles. The lowest BCUT2D eigenvalue weighted by molar-refractivity contribution is -0.386. The molecule has 0 aliphatic heterocycles. The Kier molecular flexibility index (Phi) is 5.28. The maximum Gasteiger partial charge on any atom is 0.314 e. The van der Waals surface area contributed by atoms with Crippen molar-refractivity contribution in [2.24, 2.45) is 0 Å². The van der Waals surface area contributed by atoms with E-state index in [1.165, 1.54) is 12.1 Å². The molecule has 140 valence electrons. The molecule has 0 bridgehead atoms. The van der Waals surface area contributed by atoms with E-state index in [9.17, 15) is 27.3 Å². The average Bonchev–Trinajstić information content (AvgIpc) is 2.50. The number of nitro groups is 1. The van der Waals surface area contributed by atoms with E-state index in [-0.39, 0.29) is 4.90 Å². The quantitative estimate of drug-likeness (QED) is 0.325. The molecule has 2 rings (SSSR count). The van der Waals surface area contributed by atoms with Crippen LogP contribution >= 0.6 is 0 Å². The molecule has 0 saturated heterocycles. The molecule has 0 N–H and O–H groups in total. The largest absolute Gasteiger partial charge is 0.451 e. The normalized spacial score (nSPS) is 12.0. The molecule has 0 heterocycles. The molecule has 10 heteroatoms. The van der Waals surface area contributed by atoms with Gasteiger partial charge in [0.05, 0.1) is 9.82 Å². The molecule has 2 aromatic carbocycles. The lowest BCUT2D eigenvalue weighted by Crippen LogP contribution is -2.35. The molecule has 26 heavy (non-hydrogen) atoms. The molecule has 0 fully saturated rings. The highest BCUT2D eigenvalue weighted by Gasteiger charge is 2.34. The molecule has 0 aromatic heterocycles. The molecular formula is C16H15F2NO6S. The van der Waals surface area contributed by atoms with E-state index in [2.05, 4.69) is 0 Å². The second-order valence-corrected chi connectivity index (χ2v) is 7.37. The summed E-state index contributed by atoms with van der Waals surface area (Å²) in [6.07, 6.45) is 0. The van der Waals surface area contributed by atoms with Crippen LogP contribution in [0.1, 0.15) is 19.4 Å². The first-order valence-corrected chi connectivity index (χ1v) is 8.67. The van der Waals surface area contributed by atoms with Gasteiger partial charge in [0.1, 0.15) is 0 Å². The highest BCUT2D eigenvalue weighted by atomic mass is 32.2. The Hall–Kier alpha value is -2.59. The SMILES string of the molecule is Cc1ccc(S(=O)(=O)OC(C)(C)Oc2c([N+](=O)[O-])ccc(F)c2F)cc1. The van der Waals surface area contributed by atoms with Crippen LogP contribution in [0.2, 0.25) is 0 Å². The number of hydrogen-bond acceptors (Lipinski definition) is 6. The minimum atomic E-state index is -4.32. The summed E-state index contributed by atoms with van der Waals surface area (Å²) < 4.78 is 61.9. The predicted octanol–water partition coefficient (Wildman–Crippen LogP) is 3.70. The van der Waals surface area contributed by atoms with Gasteiger partial charge < -0.3 is 4.74 Å². The summed E-state index contributed by atoms with van der Waals surface area (Å²) >= 11 is 0. The van der Waals surface area contributed by atoms with E-state index in [0.29, 0.717) is 12.1 Å². The van der Waals surface area contributed by atoms with Gasteiger partial charge in [-0.2, -0.15) is 12.8 Å². The van der Waals surface area contributed by atoms with Crippen LogP contribution in [0.5, 0.6) is 5.75 Å². The maximum absolute atomic E-state index is 13.9. The number of nitro benzene ring substituents is 1. The summed E-state index contributed by atoms with van der Waals surface area (Å²) in [4.78, 5) is 9.82. The fraction of sp³-hybridized carbons (Fsp3) is 0.250. The third-order valence-electron chi connectivity index (χ3n) is 3.19. The van der Waals surface area contributed by atoms with Gasteiger partial charge in [-0.15, -0.1) is 0 Å². The van der Waals surface area contributed by atoms with Crippen molar-refractivity contribution in [1.29, 1.82) is 0 Å². The monoisotopic (exact) mass is 387 g/mol. The second-order valence-electron chi connectivity index (χ2n) is 5.82. The molecule has 0 aliphatic carbocycles. The van der Waals surface area contributed by atoms with E-state index in [1.54, 1.807) is 19.1 Å². The Bertz CT molecular complexity index is 942. The summed E-state index contributed by atoms with van der Waals surface area (Å²) in [6, 6.07) is 6.95. The highest BCUT2D eigenvalue weighted by molar-refractivity contribution is 7.86. The maximum atomic E-state index is 13.9. The summed E-state index contributed by atoms with van der Waals surface area (Å²) in [5.41, 5.74) is -0.0507. The molecule has 7 nitrogen and oxygen atoms in total. The van der Waals surface area contributed by atoms with Crippen molar-refractivity contribution in [3.63, 3.8) is 0 Å². The van der Waals surface area contributed by atoms with Gasteiger partial charge in [0.15, 0.2) is 5.82 Å². The minimum absolute atomic E-state index is 0.186. The van der Waals surface area contributed by atoms with Gasteiger partial charge in [0.25, 0.3) is 10.1 Å². The fourth-order valence-electron chi connectivity index (χ4n) is 2.04. The van der Waals surface area contributed by atoms with Crippen LogP contribution in [-0.2, 0) is 14.3 Å². The van der Waals surface area contributed by atoms with Gasteiger partial charge in [-0.1, -0.05) is 17.7 Å². The first-order valence-electron chi connectivity index (χ1n) is 7.27. The number of benzene rings is 2. The van der Waals surface area contributed by atoms with Crippen LogP contribution in [0.15, 0.2) is 41.3 Å². The zero-order valence-corrected chi connectivity index (χ0v) is 14.8. The smallest absolute Gasteiger partial charge is 0.314 e. The Labute approximate surface area is 148 Å². The van der Waals surface area contributed by atoms with Crippen molar-refractivity contribution in [1.82, 2.24) is 0 Å². The van der Waals surface area contributed by atoms with E-state index in [4.69, 9.17) is 8.92 Å². The Morgan fingerprint density at radius 2 is 1.65 bits per heavy atom. The van der Waals surface area contributed by atoms with Gasteiger partial charge >= 0.3 is 5.69 Å². The number of hydrogen-bond donors (Lipinski definition) is 0. The van der Waals surface area contributed by atoms with Crippen LogP contribution in [0.3, 0.4) is 0 Å². The molecule has 0 unspecified atom stereocenters. The predicted molar refractivity (Wildman–Crippen MR) is 87.2 cm³/mol. The van der Waals surface area contributed by atoms with Gasteiger partial charge in [0.2, 0.25) is 17.4 Å². The molecule has 0 radical (unpaired) electrons. The van der Waals surface area contributed by atoms with Gasteiger partial charge in [0, 0.05) is 19.9 Å². The minimum Gasteiger partial charge on any atom is -0.451 e. The number of nitrogens with zero attached hydrogens (tertiary/aromatic N) is 1. The molecule has 2 aromatic rings. The summed E-state index contributed by atoms with van der Waals surface area (Å²) in [5, 5.41) is 11.0. The average molecular weight is 387 g/mol. The molecule has 0 spiro atoms. The van der Waals surface area contributed by atoms with E-state index < -0.39 is 43.9 Å². The van der Waals surface area contributed by atoms with Crippen LogP contribution in [-0.4, -0.2) is 19.1 Å². The Balaban J connectivity index is 2.36. The first-order chi connectivity index (χ1) is 11.9. The number of aryl methyl sites for hydroxylation is 1. The number of rotatable bonds is 6. The zero-order valence-electron chi connectivity index (χ0n) is 14.0. The van der Waals surface area contributed by atoms with Gasteiger partial charge in [-0.25, -0.2) is 8.57 Å². The van der Waals surface area contributed by atoms with Crippen molar-refractivity contribution in [3.05, 3.63) is 63.7 Å². The van der Waals surface area contributed by atoms with Crippen molar-refractivity contribution >= 4 is 15.8 Å². The van der Waals surface area contributed by atoms with E-state index in [1.807, 2.05) is 0 Å². The molecule has 0 aliphatic rings. The van der Waals surface area contributed by atoms with E-state index >= 15 is 0 Å². The van der Waals surface area contributed by atoms with Crippen molar-refractivity contribution in [2.75, 3.05) is 0 Å². The van der Waals surface area contributed by atoms with Gasteiger partial charge in [-0.3, -0.25) is 10.1 Å². The fourth-order valence-corrected chi connectivity index (χ4v) is 3.17. The molecule has 0 atom stereocenters. The Morgan fingerprint density at radius 3 is 2.19 bits per heavy atom. The molecular weight excluding hydrogens is 372 g/mol. The second kappa shape index (κ2) is 6.96. The van der Waals surface area contributed by atoms with Crippen molar-refractivity contribution in [3.8, 4) is 5.75 Å². The summed E-state index contributed by atoms with van der Waals surface area (Å²) in [7, 11) is -4.32. The van der Waals surface area contributed by atoms with Gasteiger partial charge in [-0.05, 0) is 25.1 Å². The summed E-state index contributed by atoms with van der Waals surface area (Å²) in [6.45, 7) is 3.97. The lowest BCUT2D eigenvalue weighted by atomic mass is 10.2. The third-order valence-corrected chi connectivity index (χ3v) is 4.66. The van der Waals surface area contributed by atoms with Crippen LogP contribution < -0.4 is 4.74 Å². The molecule has 0 amide bonds. The number of halogens is 2. The standard InChI is InChI=1S/C16H15F2NO6S/c1-10-4-6-11(7-5-10)26(22,23)25-16(2,3)24-15-13(19(20)21)9-8-12(17)14(15)18/h4-9H,1-3H3. The van der Waals surface area contributed by atoms with Crippen molar-refractivity contribution in [2.45, 2.75) is 31.5 Å². The number of ether oxygens (including phenoxy) is 1. The Morgan fingerprint density at radius 1 is 1.08 bits per heavy atom. The van der Waals surface area contributed by atoms with Crippen molar-refractivity contribution < 1.29 is 31.0 Å². The van der Waals surface area contributed by atoms with Crippen LogP contribution in [0.25, 0.3) is 0 Å². The van der Waals surface area contributed by atoms with Crippen LogP contribution in [0.4, 0.5) is 14.5 Å². The zero-order chi connectivity index (χ0) is 19.7. The highest BCUT2D eigenvalue weighted by Crippen LogP contribution is 2.35. The third kappa shape index (κ3) is 4.33. The topological polar surface area (TPSA) is 95.7 Å². The summed E-state index contributed by atoms with van der Waals surface area (Å²) in [5.74, 6) is -6.12. The lowest BCUT2D eigenvalue weighted by Gasteiger charge is -2.25.